The third-order valence-corrected chi connectivity index (χ3v) is 4.04. The number of nitrogens with one attached hydrogen (secondary N) is 1. The summed E-state index contributed by atoms with van der Waals surface area (Å²) >= 11 is 1.11. The van der Waals surface area contributed by atoms with Crippen molar-refractivity contribution in [3.05, 3.63) is 5.82 Å². The maximum Gasteiger partial charge on any atom is 0.313 e. The highest BCUT2D eigenvalue weighted by molar-refractivity contribution is 7.99. The van der Waals surface area contributed by atoms with Gasteiger partial charge in [-0.1, -0.05) is 18.7 Å². The van der Waals surface area contributed by atoms with Gasteiger partial charge in [0.15, 0.2) is 5.16 Å². The van der Waals surface area contributed by atoms with E-state index in [1.165, 1.54) is 0 Å². The molecule has 2 N–H and O–H groups in total. The minimum absolute atomic E-state index is 0.0799. The van der Waals surface area contributed by atoms with Gasteiger partial charge in [-0.25, -0.2) is 13.1 Å². The van der Waals surface area contributed by atoms with Crippen LogP contribution in [-0.2, 0) is 27.8 Å². The number of nitrogens with zero attached hydrogens (tertiary/aromatic N) is 3. The molecule has 1 aromatic rings. The maximum atomic E-state index is 10.9. The first-order chi connectivity index (χ1) is 9.33. The second-order valence-corrected chi connectivity index (χ2v) is 6.88. The largest absolute Gasteiger partial charge is 0.481 e. The second-order valence-electron chi connectivity index (χ2n) is 4.11. The lowest BCUT2D eigenvalue weighted by atomic mass is 10.4. The van der Waals surface area contributed by atoms with Crippen molar-refractivity contribution in [2.45, 2.75) is 31.5 Å². The molecule has 0 amide bonds. The Balaban J connectivity index is 2.61. The van der Waals surface area contributed by atoms with E-state index in [2.05, 4.69) is 14.9 Å². The monoisotopic (exact) mass is 322 g/mol. The molecular formula is C10H18N4O4S2. The molecule has 8 nitrogen and oxygen atoms in total. The normalized spacial score (nSPS) is 11.7. The van der Waals surface area contributed by atoms with Gasteiger partial charge in [0.1, 0.15) is 5.82 Å². The summed E-state index contributed by atoms with van der Waals surface area (Å²) in [5, 5.41) is 17.2. The minimum Gasteiger partial charge on any atom is -0.481 e. The van der Waals surface area contributed by atoms with Gasteiger partial charge in [-0.05, 0) is 6.42 Å². The Hall–Kier alpha value is -1.13. The van der Waals surface area contributed by atoms with E-state index in [-0.39, 0.29) is 5.75 Å². The highest BCUT2D eigenvalue weighted by Crippen LogP contribution is 2.17. The van der Waals surface area contributed by atoms with Crippen molar-refractivity contribution in [1.82, 2.24) is 19.5 Å². The number of carboxylic acids is 1. The average molecular weight is 322 g/mol. The van der Waals surface area contributed by atoms with Crippen molar-refractivity contribution in [2.24, 2.45) is 0 Å². The van der Waals surface area contributed by atoms with E-state index in [0.717, 1.165) is 23.8 Å². The predicted octanol–water partition coefficient (Wildman–Crippen LogP) is -0.0435. The quantitative estimate of drug-likeness (QED) is 0.484. The Morgan fingerprint density at radius 3 is 2.70 bits per heavy atom. The van der Waals surface area contributed by atoms with E-state index < -0.39 is 16.0 Å². The van der Waals surface area contributed by atoms with Crippen LogP contribution < -0.4 is 4.72 Å². The van der Waals surface area contributed by atoms with Crippen molar-refractivity contribution in [1.29, 1.82) is 0 Å². The summed E-state index contributed by atoms with van der Waals surface area (Å²) in [6, 6.07) is 0. The number of carboxylic acid groups (broad SMARTS) is 1. The summed E-state index contributed by atoms with van der Waals surface area (Å²) in [4.78, 5) is 10.6. The standard InChI is InChI=1S/C10H18N4O4S2/c1-3-8-12-13-10(19-7-9(15)16)14(8)6-4-5-11-20(2,17)18/h11H,3-7H2,1-2H3,(H,15,16). The minimum atomic E-state index is -3.19. The van der Waals surface area contributed by atoms with E-state index in [1.54, 1.807) is 0 Å². The fraction of sp³-hybridized carbons (Fsp3) is 0.700. The van der Waals surface area contributed by atoms with Crippen LogP contribution in [-0.4, -0.2) is 52.8 Å². The molecule has 1 heterocycles. The molecule has 1 aromatic heterocycles. The lowest BCUT2D eigenvalue weighted by Gasteiger charge is -2.08. The molecule has 0 aromatic carbocycles. The lowest BCUT2D eigenvalue weighted by Crippen LogP contribution is -2.24. The van der Waals surface area contributed by atoms with Crippen LogP contribution in [0.1, 0.15) is 19.2 Å². The molecule has 0 bridgehead atoms. The van der Waals surface area contributed by atoms with Gasteiger partial charge in [0.2, 0.25) is 10.0 Å². The zero-order valence-electron chi connectivity index (χ0n) is 11.4. The van der Waals surface area contributed by atoms with Crippen LogP contribution in [0.3, 0.4) is 0 Å². The van der Waals surface area contributed by atoms with Crippen molar-refractivity contribution in [3.63, 3.8) is 0 Å². The molecule has 0 aliphatic carbocycles. The third-order valence-electron chi connectivity index (χ3n) is 2.36. The zero-order chi connectivity index (χ0) is 15.2. The number of aliphatic carboxylic acids is 1. The van der Waals surface area contributed by atoms with Crippen LogP contribution in [0.5, 0.6) is 0 Å². The predicted molar refractivity (Wildman–Crippen MR) is 75.2 cm³/mol. The van der Waals surface area contributed by atoms with Gasteiger partial charge in [0.05, 0.1) is 12.0 Å². The molecule has 0 spiro atoms. The van der Waals surface area contributed by atoms with Crippen molar-refractivity contribution < 1.29 is 18.3 Å². The molecule has 0 saturated carbocycles. The summed E-state index contributed by atoms with van der Waals surface area (Å²) in [6.45, 7) is 2.80. The van der Waals surface area contributed by atoms with Gasteiger partial charge in [-0.15, -0.1) is 10.2 Å². The Morgan fingerprint density at radius 2 is 2.15 bits per heavy atom. The number of hydrogen-bond acceptors (Lipinski definition) is 6. The van der Waals surface area contributed by atoms with Crippen LogP contribution in [0.25, 0.3) is 0 Å². The second kappa shape index (κ2) is 7.60. The average Bonchev–Trinajstić information content (AvgIpc) is 2.73. The van der Waals surface area contributed by atoms with Crippen LogP contribution in [0.2, 0.25) is 0 Å². The van der Waals surface area contributed by atoms with Gasteiger partial charge in [-0.2, -0.15) is 0 Å². The van der Waals surface area contributed by atoms with Crippen LogP contribution in [0.15, 0.2) is 5.16 Å². The topological polar surface area (TPSA) is 114 Å². The van der Waals surface area contributed by atoms with E-state index in [0.29, 0.717) is 31.1 Å². The highest BCUT2D eigenvalue weighted by atomic mass is 32.2. The number of aromatic nitrogens is 3. The Kier molecular flexibility index (Phi) is 6.43. The van der Waals surface area contributed by atoms with Gasteiger partial charge in [0.25, 0.3) is 0 Å². The number of sulfonamides is 1. The van der Waals surface area contributed by atoms with Crippen LogP contribution in [0.4, 0.5) is 0 Å². The molecule has 0 aliphatic heterocycles. The molecule has 0 unspecified atom stereocenters. The molecule has 10 heteroatoms. The van der Waals surface area contributed by atoms with E-state index in [9.17, 15) is 13.2 Å². The van der Waals surface area contributed by atoms with Crippen LogP contribution in [0, 0.1) is 0 Å². The van der Waals surface area contributed by atoms with Crippen molar-refractivity contribution >= 4 is 27.8 Å². The van der Waals surface area contributed by atoms with Gasteiger partial charge < -0.3 is 9.67 Å². The smallest absolute Gasteiger partial charge is 0.313 e. The van der Waals surface area contributed by atoms with Gasteiger partial charge >= 0.3 is 5.97 Å². The zero-order valence-corrected chi connectivity index (χ0v) is 13.0. The van der Waals surface area contributed by atoms with Gasteiger partial charge in [-0.3, -0.25) is 4.79 Å². The maximum absolute atomic E-state index is 10.9. The summed E-state index contributed by atoms with van der Waals surface area (Å²) in [5.74, 6) is -0.234. The Labute approximate surface area is 122 Å². The fourth-order valence-corrected chi connectivity index (χ4v) is 2.75. The molecule has 0 fully saturated rings. The summed E-state index contributed by atoms with van der Waals surface area (Å²) < 4.78 is 26.1. The number of aryl methyl sites for hydroxylation is 1. The third kappa shape index (κ3) is 5.88. The van der Waals surface area contributed by atoms with E-state index >= 15 is 0 Å². The SMILES string of the molecule is CCc1nnc(SCC(=O)O)n1CCCNS(C)(=O)=O. The number of hydrogen-bond donors (Lipinski definition) is 2. The molecule has 1 rings (SSSR count). The molecule has 114 valence electrons. The number of rotatable bonds is 9. The highest BCUT2D eigenvalue weighted by Gasteiger charge is 2.12. The first kappa shape index (κ1) is 16.9. The van der Waals surface area contributed by atoms with Crippen molar-refractivity contribution in [2.75, 3.05) is 18.6 Å². The molecule has 20 heavy (non-hydrogen) atoms. The molecule has 0 saturated heterocycles. The first-order valence-corrected chi connectivity index (χ1v) is 8.92. The molecular weight excluding hydrogens is 304 g/mol. The molecule has 0 atom stereocenters. The Bertz CT molecular complexity index is 556. The molecule has 0 radical (unpaired) electrons. The lowest BCUT2D eigenvalue weighted by molar-refractivity contribution is -0.133. The number of carbonyl (C=O) groups is 1. The molecule has 0 aliphatic rings. The fourth-order valence-electron chi connectivity index (χ4n) is 1.53. The summed E-state index contributed by atoms with van der Waals surface area (Å²) in [6.07, 6.45) is 2.37. The van der Waals surface area contributed by atoms with Crippen LogP contribution >= 0.6 is 11.8 Å². The summed E-state index contributed by atoms with van der Waals surface area (Å²) in [7, 11) is -3.19. The van der Waals surface area contributed by atoms with E-state index in [4.69, 9.17) is 5.11 Å². The summed E-state index contributed by atoms with van der Waals surface area (Å²) in [5.41, 5.74) is 0. The van der Waals surface area contributed by atoms with E-state index in [1.807, 2.05) is 11.5 Å². The number of thioether (sulfide) groups is 1. The van der Waals surface area contributed by atoms with Crippen molar-refractivity contribution in [3.8, 4) is 0 Å². The van der Waals surface area contributed by atoms with Gasteiger partial charge in [0, 0.05) is 19.5 Å². The Morgan fingerprint density at radius 1 is 1.45 bits per heavy atom. The first-order valence-electron chi connectivity index (χ1n) is 6.04.